The molecule has 2 N–H and O–H groups in total. The van der Waals surface area contributed by atoms with Crippen LogP contribution in [0.4, 0.5) is 11.4 Å². The van der Waals surface area contributed by atoms with Crippen LogP contribution in [0.25, 0.3) is 5.65 Å². The number of aromatic nitrogens is 2. The lowest BCUT2D eigenvalue weighted by Crippen LogP contribution is -2.14. The van der Waals surface area contributed by atoms with Crippen LogP contribution >= 0.6 is 0 Å². The first-order valence-corrected chi connectivity index (χ1v) is 12.2. The molecule has 1 amide bonds. The molecule has 0 aliphatic rings. The zero-order chi connectivity index (χ0) is 24.3. The molecule has 0 fully saturated rings. The molecule has 2 heterocycles. The second-order valence-corrected chi connectivity index (χ2v) is 9.46. The van der Waals surface area contributed by atoms with E-state index in [0.29, 0.717) is 22.7 Å². The van der Waals surface area contributed by atoms with Crippen molar-refractivity contribution in [2.45, 2.75) is 13.5 Å². The maximum absolute atomic E-state index is 12.8. The third-order valence-electron chi connectivity index (χ3n) is 4.96. The number of sulfonamides is 1. The minimum atomic E-state index is -3.52. The van der Waals surface area contributed by atoms with Gasteiger partial charge in [-0.1, -0.05) is 12.1 Å². The summed E-state index contributed by atoms with van der Waals surface area (Å²) in [6.45, 7) is 2.25. The van der Waals surface area contributed by atoms with Crippen LogP contribution in [0.2, 0.25) is 0 Å². The average molecular weight is 481 g/mol. The largest absolute Gasteiger partial charge is 0.495 e. The first-order chi connectivity index (χ1) is 16.2. The van der Waals surface area contributed by atoms with Crippen LogP contribution in [-0.2, 0) is 16.6 Å². The van der Waals surface area contributed by atoms with Gasteiger partial charge in [0.1, 0.15) is 23.8 Å². The monoisotopic (exact) mass is 480 g/mol. The van der Waals surface area contributed by atoms with Gasteiger partial charge in [-0.25, -0.2) is 13.4 Å². The van der Waals surface area contributed by atoms with Crippen molar-refractivity contribution < 1.29 is 22.7 Å². The summed E-state index contributed by atoms with van der Waals surface area (Å²) in [6, 6.07) is 15.4. The molecule has 0 aliphatic carbocycles. The van der Waals surface area contributed by atoms with Crippen molar-refractivity contribution in [2.24, 2.45) is 0 Å². The molecule has 10 heteroatoms. The Bertz CT molecular complexity index is 1460. The van der Waals surface area contributed by atoms with Gasteiger partial charge in [0.15, 0.2) is 0 Å². The first-order valence-electron chi connectivity index (χ1n) is 10.3. The highest BCUT2D eigenvalue weighted by molar-refractivity contribution is 7.92. The van der Waals surface area contributed by atoms with E-state index in [1.807, 2.05) is 35.9 Å². The van der Waals surface area contributed by atoms with Gasteiger partial charge in [-0.2, -0.15) is 0 Å². The number of nitrogens with one attached hydrogen (secondary N) is 2. The average Bonchev–Trinajstić information content (AvgIpc) is 3.22. The Hall–Kier alpha value is -4.05. The minimum Gasteiger partial charge on any atom is -0.495 e. The molecule has 9 nitrogen and oxygen atoms in total. The minimum absolute atomic E-state index is 0.225. The Balaban J connectivity index is 1.46. The van der Waals surface area contributed by atoms with Crippen LogP contribution in [-0.4, -0.2) is 37.1 Å². The number of benzene rings is 2. The van der Waals surface area contributed by atoms with E-state index in [-0.39, 0.29) is 18.2 Å². The Morgan fingerprint density at radius 2 is 1.94 bits per heavy atom. The van der Waals surface area contributed by atoms with Crippen molar-refractivity contribution in [3.8, 4) is 11.5 Å². The second kappa shape index (κ2) is 9.44. The van der Waals surface area contributed by atoms with E-state index in [1.165, 1.54) is 13.2 Å². The van der Waals surface area contributed by atoms with Crippen LogP contribution in [0.5, 0.6) is 11.5 Å². The quantitative estimate of drug-likeness (QED) is 0.396. The molecule has 2 aromatic heterocycles. The standard InChI is InChI=1S/C24H24N4O5S/c1-16-6-5-11-28-14-19(25-23(16)28)15-33-20-8-4-7-17(12-20)24(29)26-18-9-10-22(32-2)21(13-18)27-34(3,30)31/h4-14,27H,15H2,1-3H3,(H,26,29). The molecule has 0 aliphatic heterocycles. The van der Waals surface area contributed by atoms with Gasteiger partial charge in [-0.15, -0.1) is 0 Å². The number of hydrogen-bond donors (Lipinski definition) is 2. The number of rotatable bonds is 8. The third kappa shape index (κ3) is 5.46. The predicted octanol–water partition coefficient (Wildman–Crippen LogP) is 3.85. The topological polar surface area (TPSA) is 111 Å². The smallest absolute Gasteiger partial charge is 0.255 e. The number of carbonyl (C=O) groups excluding carboxylic acids is 1. The summed E-state index contributed by atoms with van der Waals surface area (Å²) in [7, 11) is -2.09. The van der Waals surface area contributed by atoms with Gasteiger partial charge < -0.3 is 19.2 Å². The third-order valence-corrected chi connectivity index (χ3v) is 5.55. The van der Waals surface area contributed by atoms with Gasteiger partial charge in [0.05, 0.1) is 24.7 Å². The van der Waals surface area contributed by atoms with E-state index in [1.54, 1.807) is 36.4 Å². The number of carbonyl (C=O) groups is 1. The molecule has 2 aromatic carbocycles. The van der Waals surface area contributed by atoms with Crippen LogP contribution < -0.4 is 19.5 Å². The molecule has 0 unspecified atom stereocenters. The molecule has 4 rings (SSSR count). The molecule has 34 heavy (non-hydrogen) atoms. The summed E-state index contributed by atoms with van der Waals surface area (Å²) < 4.78 is 38.6. The number of ether oxygens (including phenoxy) is 2. The van der Waals surface area contributed by atoms with E-state index in [2.05, 4.69) is 15.0 Å². The molecule has 4 aromatic rings. The number of imidazole rings is 1. The van der Waals surface area contributed by atoms with Gasteiger partial charge in [-0.05, 0) is 55.0 Å². The number of pyridine rings is 1. The molecule has 0 bridgehead atoms. The number of fused-ring (bicyclic) bond motifs is 1. The van der Waals surface area contributed by atoms with Crippen molar-refractivity contribution in [1.29, 1.82) is 0 Å². The van der Waals surface area contributed by atoms with Gasteiger partial charge in [0.25, 0.3) is 5.91 Å². The van der Waals surface area contributed by atoms with E-state index in [4.69, 9.17) is 9.47 Å². The maximum Gasteiger partial charge on any atom is 0.255 e. The summed E-state index contributed by atoms with van der Waals surface area (Å²) in [4.78, 5) is 17.4. The lowest BCUT2D eigenvalue weighted by atomic mass is 10.2. The number of aryl methyl sites for hydroxylation is 1. The van der Waals surface area contributed by atoms with Crippen molar-refractivity contribution in [3.05, 3.63) is 83.8 Å². The molecule has 0 spiro atoms. The van der Waals surface area contributed by atoms with E-state index in [9.17, 15) is 13.2 Å². The van der Waals surface area contributed by atoms with Gasteiger partial charge in [0, 0.05) is 23.6 Å². The molecule has 0 atom stereocenters. The second-order valence-electron chi connectivity index (χ2n) is 7.71. The molecular weight excluding hydrogens is 456 g/mol. The van der Waals surface area contributed by atoms with Crippen molar-refractivity contribution in [2.75, 3.05) is 23.4 Å². The molecule has 176 valence electrons. The van der Waals surface area contributed by atoms with Crippen molar-refractivity contribution >= 4 is 33.0 Å². The van der Waals surface area contributed by atoms with E-state index in [0.717, 1.165) is 23.2 Å². The Kier molecular flexibility index (Phi) is 6.42. The molecular formula is C24H24N4O5S. The fraction of sp³-hybridized carbons (Fsp3) is 0.167. The van der Waals surface area contributed by atoms with Crippen LogP contribution in [0, 0.1) is 6.92 Å². The number of amides is 1. The molecule has 0 saturated heterocycles. The van der Waals surface area contributed by atoms with Crippen LogP contribution in [0.1, 0.15) is 21.6 Å². The lowest BCUT2D eigenvalue weighted by molar-refractivity contribution is 0.102. The highest BCUT2D eigenvalue weighted by Gasteiger charge is 2.13. The van der Waals surface area contributed by atoms with E-state index >= 15 is 0 Å². The summed E-state index contributed by atoms with van der Waals surface area (Å²) >= 11 is 0. The molecule has 0 radical (unpaired) electrons. The summed E-state index contributed by atoms with van der Waals surface area (Å²) in [6.07, 6.45) is 4.88. The predicted molar refractivity (Wildman–Crippen MR) is 130 cm³/mol. The Labute approximate surface area is 197 Å². The lowest BCUT2D eigenvalue weighted by Gasteiger charge is -2.13. The summed E-state index contributed by atoms with van der Waals surface area (Å²) in [5, 5.41) is 2.76. The highest BCUT2D eigenvalue weighted by atomic mass is 32.2. The normalized spacial score (nSPS) is 11.3. The zero-order valence-corrected chi connectivity index (χ0v) is 19.7. The SMILES string of the molecule is COc1ccc(NC(=O)c2cccc(OCc3cn4cccc(C)c4n3)c2)cc1NS(C)(=O)=O. The number of methoxy groups -OCH3 is 1. The van der Waals surface area contributed by atoms with Gasteiger partial charge in [0.2, 0.25) is 10.0 Å². The van der Waals surface area contributed by atoms with Crippen LogP contribution in [0.3, 0.4) is 0 Å². The molecule has 0 saturated carbocycles. The van der Waals surface area contributed by atoms with Crippen molar-refractivity contribution in [1.82, 2.24) is 9.38 Å². The number of hydrogen-bond acceptors (Lipinski definition) is 6. The summed E-state index contributed by atoms with van der Waals surface area (Å²) in [5.41, 5.74) is 3.73. The van der Waals surface area contributed by atoms with Gasteiger partial charge in [-0.3, -0.25) is 9.52 Å². The Morgan fingerprint density at radius 1 is 1.12 bits per heavy atom. The Morgan fingerprint density at radius 3 is 2.68 bits per heavy atom. The highest BCUT2D eigenvalue weighted by Crippen LogP contribution is 2.29. The van der Waals surface area contributed by atoms with Gasteiger partial charge >= 0.3 is 0 Å². The maximum atomic E-state index is 12.8. The van der Waals surface area contributed by atoms with Crippen molar-refractivity contribution in [3.63, 3.8) is 0 Å². The number of nitrogens with zero attached hydrogens (tertiary/aromatic N) is 2. The zero-order valence-electron chi connectivity index (χ0n) is 18.9. The first kappa shape index (κ1) is 23.1. The number of anilines is 2. The van der Waals surface area contributed by atoms with E-state index < -0.39 is 10.0 Å². The summed E-state index contributed by atoms with van der Waals surface area (Å²) in [5.74, 6) is 0.487. The fourth-order valence-electron chi connectivity index (χ4n) is 3.43. The fourth-order valence-corrected chi connectivity index (χ4v) is 3.99. The van der Waals surface area contributed by atoms with Crippen LogP contribution in [0.15, 0.2) is 67.0 Å².